The number of hydrogen-bond donors (Lipinski definition) is 0. The van der Waals surface area contributed by atoms with E-state index in [-0.39, 0.29) is 0 Å². The Morgan fingerprint density at radius 3 is 1.57 bits per heavy atom. The van der Waals surface area contributed by atoms with Crippen molar-refractivity contribution >= 4 is 54.1 Å². The Balaban J connectivity index is 1.49. The first-order chi connectivity index (χ1) is 18.4. The Labute approximate surface area is 213 Å². The quantitative estimate of drug-likeness (QED) is 0.226. The molecule has 9 rings (SSSR count). The van der Waals surface area contributed by atoms with Crippen LogP contribution in [0.4, 0.5) is 0 Å². The largest absolute Gasteiger partial charge is 0.309 e. The summed E-state index contributed by atoms with van der Waals surface area (Å²) in [6.07, 6.45) is 0. The minimum atomic E-state index is 1.21. The molecule has 0 saturated heterocycles. The third kappa shape index (κ3) is 2.43. The normalized spacial score (nSPS) is 12.3. The topological polar surface area (TPSA) is 4.93 Å². The minimum absolute atomic E-state index is 1.21. The van der Waals surface area contributed by atoms with Gasteiger partial charge < -0.3 is 4.57 Å². The Morgan fingerprint density at radius 1 is 0.351 bits per heavy atom. The fourth-order valence-corrected chi connectivity index (χ4v) is 6.76. The van der Waals surface area contributed by atoms with E-state index >= 15 is 0 Å². The van der Waals surface area contributed by atoms with Gasteiger partial charge in [0.2, 0.25) is 0 Å². The number of fused-ring (bicyclic) bond motifs is 10. The molecule has 37 heavy (non-hydrogen) atoms. The lowest BCUT2D eigenvalue weighted by atomic mass is 10.00. The first kappa shape index (κ1) is 19.3. The summed E-state index contributed by atoms with van der Waals surface area (Å²) in [6, 6.07) is 47.0. The van der Waals surface area contributed by atoms with E-state index in [4.69, 9.17) is 0 Å². The SMILES string of the molecule is c1ccc2c(c1)-c1cccc3cc(-n4c5ccc6ccccc6c5c5c6ccccc6ccc54)cc-2c13. The van der Waals surface area contributed by atoms with E-state index in [9.17, 15) is 0 Å². The Hall–Kier alpha value is -4.88. The van der Waals surface area contributed by atoms with Crippen LogP contribution in [0.25, 0.3) is 82.1 Å². The summed E-state index contributed by atoms with van der Waals surface area (Å²) in [4.78, 5) is 0. The van der Waals surface area contributed by atoms with Crippen LogP contribution in [0.15, 0.2) is 127 Å². The molecule has 0 saturated carbocycles. The van der Waals surface area contributed by atoms with E-state index in [1.807, 2.05) is 0 Å². The highest BCUT2D eigenvalue weighted by Crippen LogP contribution is 2.49. The standard InChI is InChI=1S/C36H21N/c1-3-11-26-22(8-1)16-18-32-35(26)36-27-12-4-2-9-23(27)17-19-33(36)37(32)25-20-24-10-7-15-30-28-13-5-6-14-29(28)31(21-25)34(24)30/h1-21H. The van der Waals surface area contributed by atoms with Crippen molar-refractivity contribution in [2.24, 2.45) is 0 Å². The summed E-state index contributed by atoms with van der Waals surface area (Å²) in [5.74, 6) is 0. The van der Waals surface area contributed by atoms with Gasteiger partial charge in [-0.05, 0) is 78.8 Å². The maximum Gasteiger partial charge on any atom is 0.0547 e. The third-order valence-corrected chi connectivity index (χ3v) is 8.27. The summed E-state index contributed by atoms with van der Waals surface area (Å²) in [5.41, 5.74) is 9.04. The van der Waals surface area contributed by atoms with Crippen molar-refractivity contribution in [2.75, 3.05) is 0 Å². The molecule has 0 unspecified atom stereocenters. The third-order valence-electron chi connectivity index (χ3n) is 8.27. The second kappa shape index (κ2) is 6.87. The lowest BCUT2D eigenvalue weighted by molar-refractivity contribution is 1.19. The summed E-state index contributed by atoms with van der Waals surface area (Å²) in [6.45, 7) is 0. The second-order valence-electron chi connectivity index (χ2n) is 10.1. The van der Waals surface area contributed by atoms with Crippen LogP contribution in [0.3, 0.4) is 0 Å². The van der Waals surface area contributed by atoms with Gasteiger partial charge in [0.15, 0.2) is 0 Å². The van der Waals surface area contributed by atoms with Crippen LogP contribution in [0.2, 0.25) is 0 Å². The molecule has 170 valence electrons. The molecule has 0 bridgehead atoms. The van der Waals surface area contributed by atoms with Gasteiger partial charge in [-0.15, -0.1) is 0 Å². The van der Waals surface area contributed by atoms with E-state index in [2.05, 4.69) is 132 Å². The molecule has 0 amide bonds. The Kier molecular flexibility index (Phi) is 3.59. The van der Waals surface area contributed by atoms with Gasteiger partial charge in [0.1, 0.15) is 0 Å². The summed E-state index contributed by atoms with van der Waals surface area (Å²) in [5, 5.41) is 10.5. The molecular formula is C36H21N. The van der Waals surface area contributed by atoms with Gasteiger partial charge >= 0.3 is 0 Å². The molecule has 0 N–H and O–H groups in total. The fraction of sp³-hybridized carbons (Fsp3) is 0. The maximum absolute atomic E-state index is 2.48. The highest BCUT2D eigenvalue weighted by molar-refractivity contribution is 6.28. The molecule has 1 aliphatic rings. The van der Waals surface area contributed by atoms with Crippen LogP contribution < -0.4 is 0 Å². The van der Waals surface area contributed by atoms with E-state index in [0.717, 1.165) is 0 Å². The molecule has 0 radical (unpaired) electrons. The number of nitrogens with zero attached hydrogens (tertiary/aromatic N) is 1. The van der Waals surface area contributed by atoms with Gasteiger partial charge in [0, 0.05) is 16.5 Å². The molecule has 0 atom stereocenters. The average molecular weight is 468 g/mol. The zero-order valence-electron chi connectivity index (χ0n) is 20.1. The van der Waals surface area contributed by atoms with Crippen molar-refractivity contribution in [3.63, 3.8) is 0 Å². The van der Waals surface area contributed by atoms with Crippen molar-refractivity contribution in [2.45, 2.75) is 0 Å². The van der Waals surface area contributed by atoms with E-state index in [1.54, 1.807) is 0 Å². The number of rotatable bonds is 1. The summed E-state index contributed by atoms with van der Waals surface area (Å²) >= 11 is 0. The molecule has 8 aromatic rings. The van der Waals surface area contributed by atoms with Gasteiger partial charge in [0.25, 0.3) is 0 Å². The molecular weight excluding hydrogens is 446 g/mol. The highest BCUT2D eigenvalue weighted by atomic mass is 15.0. The van der Waals surface area contributed by atoms with Gasteiger partial charge in [-0.2, -0.15) is 0 Å². The molecule has 1 aromatic heterocycles. The van der Waals surface area contributed by atoms with Crippen molar-refractivity contribution in [3.8, 4) is 27.9 Å². The van der Waals surface area contributed by atoms with Crippen molar-refractivity contribution in [1.82, 2.24) is 4.57 Å². The fourth-order valence-electron chi connectivity index (χ4n) is 6.76. The lowest BCUT2D eigenvalue weighted by Crippen LogP contribution is -1.95. The van der Waals surface area contributed by atoms with Crippen molar-refractivity contribution in [3.05, 3.63) is 127 Å². The van der Waals surface area contributed by atoms with Gasteiger partial charge in [-0.1, -0.05) is 103 Å². The van der Waals surface area contributed by atoms with Crippen molar-refractivity contribution in [1.29, 1.82) is 0 Å². The molecule has 0 fully saturated rings. The van der Waals surface area contributed by atoms with Crippen LogP contribution in [0.1, 0.15) is 0 Å². The van der Waals surface area contributed by atoms with Gasteiger partial charge in [-0.25, -0.2) is 0 Å². The number of hydrogen-bond acceptors (Lipinski definition) is 0. The smallest absolute Gasteiger partial charge is 0.0547 e. The minimum Gasteiger partial charge on any atom is -0.309 e. The monoisotopic (exact) mass is 467 g/mol. The highest BCUT2D eigenvalue weighted by Gasteiger charge is 2.23. The van der Waals surface area contributed by atoms with Crippen LogP contribution in [-0.2, 0) is 0 Å². The lowest BCUT2D eigenvalue weighted by Gasteiger charge is -2.12. The molecule has 1 heterocycles. The summed E-state index contributed by atoms with van der Waals surface area (Å²) in [7, 11) is 0. The average Bonchev–Trinajstić information content (AvgIpc) is 3.48. The van der Waals surface area contributed by atoms with Crippen molar-refractivity contribution < 1.29 is 0 Å². The number of benzene rings is 7. The van der Waals surface area contributed by atoms with E-state index in [1.165, 1.54) is 82.1 Å². The Morgan fingerprint density at radius 2 is 0.892 bits per heavy atom. The molecule has 1 nitrogen and oxygen atoms in total. The second-order valence-corrected chi connectivity index (χ2v) is 10.1. The van der Waals surface area contributed by atoms with Gasteiger partial charge in [0.05, 0.1) is 11.0 Å². The van der Waals surface area contributed by atoms with Gasteiger partial charge in [-0.3, -0.25) is 0 Å². The predicted octanol–water partition coefficient (Wildman–Crippen LogP) is 9.89. The van der Waals surface area contributed by atoms with Crippen LogP contribution >= 0.6 is 0 Å². The zero-order valence-corrected chi connectivity index (χ0v) is 20.1. The van der Waals surface area contributed by atoms with Crippen LogP contribution in [-0.4, -0.2) is 4.57 Å². The molecule has 7 aromatic carbocycles. The zero-order chi connectivity index (χ0) is 24.1. The van der Waals surface area contributed by atoms with E-state index < -0.39 is 0 Å². The molecule has 0 spiro atoms. The summed E-state index contributed by atoms with van der Waals surface area (Å²) < 4.78 is 2.48. The van der Waals surface area contributed by atoms with E-state index in [0.29, 0.717) is 0 Å². The maximum atomic E-state index is 2.48. The molecule has 1 aliphatic carbocycles. The molecule has 1 heteroatoms. The molecule has 0 aliphatic heterocycles. The first-order valence-electron chi connectivity index (χ1n) is 12.9. The predicted molar refractivity (Wildman–Crippen MR) is 158 cm³/mol. The van der Waals surface area contributed by atoms with Crippen LogP contribution in [0, 0.1) is 0 Å². The first-order valence-corrected chi connectivity index (χ1v) is 12.9. The Bertz CT molecular complexity index is 2150. The number of aromatic nitrogens is 1. The van der Waals surface area contributed by atoms with Crippen LogP contribution in [0.5, 0.6) is 0 Å².